The summed E-state index contributed by atoms with van der Waals surface area (Å²) in [5, 5.41) is 7.89. The minimum atomic E-state index is -0.472. The molecular weight excluding hydrogens is 444 g/mol. The molecule has 1 fully saturated rings. The molecule has 0 unspecified atom stereocenters. The molecule has 1 N–H and O–H groups in total. The molecule has 1 aromatic heterocycles. The lowest BCUT2D eigenvalue weighted by Crippen LogP contribution is -2.50. The minimum Gasteiger partial charge on any atom is -0.444 e. The average molecular weight is 483 g/mol. The van der Waals surface area contributed by atoms with Gasteiger partial charge in [-0.15, -0.1) is 0 Å². The van der Waals surface area contributed by atoms with Gasteiger partial charge in [0.25, 0.3) is 0 Å². The maximum absolute atomic E-state index is 12.8. The first-order valence-corrected chi connectivity index (χ1v) is 12.6. The highest BCUT2D eigenvalue weighted by atomic mass is 16.6. The number of carbonyl (C=O) groups excluding carboxylic acids is 2. The standard InChI is InChI=1S/C26H38N6O3/c1-20-19-23-31(13-6-14-32(23)28-20)24(33)7-5-12-27-21-8-10-22(11-9-21)29-15-17-30(18-16-29)25(34)35-26(2,3)4/h8-11,19,27H,5-7,12-18H2,1-4H3. The van der Waals surface area contributed by atoms with Crippen LogP contribution >= 0.6 is 0 Å². The van der Waals surface area contributed by atoms with Gasteiger partial charge in [0.15, 0.2) is 0 Å². The number of benzene rings is 1. The molecule has 190 valence electrons. The monoisotopic (exact) mass is 482 g/mol. The van der Waals surface area contributed by atoms with Gasteiger partial charge in [-0.25, -0.2) is 9.48 Å². The topological polar surface area (TPSA) is 82.9 Å². The minimum absolute atomic E-state index is 0.161. The highest BCUT2D eigenvalue weighted by Gasteiger charge is 2.26. The maximum Gasteiger partial charge on any atom is 0.410 e. The third-order valence-electron chi connectivity index (χ3n) is 6.27. The van der Waals surface area contributed by atoms with Crippen molar-refractivity contribution in [2.75, 3.05) is 54.4 Å². The number of nitrogens with one attached hydrogen (secondary N) is 1. The van der Waals surface area contributed by atoms with E-state index in [2.05, 4.69) is 39.6 Å². The Hall–Kier alpha value is -3.23. The van der Waals surface area contributed by atoms with Crippen LogP contribution in [0.25, 0.3) is 0 Å². The maximum atomic E-state index is 12.8. The second-order valence-corrected chi connectivity index (χ2v) is 10.3. The number of anilines is 3. The molecule has 0 aliphatic carbocycles. The highest BCUT2D eigenvalue weighted by Crippen LogP contribution is 2.23. The van der Waals surface area contributed by atoms with Crippen LogP contribution in [0.5, 0.6) is 0 Å². The van der Waals surface area contributed by atoms with Crippen LogP contribution in [0.15, 0.2) is 30.3 Å². The Bertz CT molecular complexity index is 1020. The summed E-state index contributed by atoms with van der Waals surface area (Å²) < 4.78 is 7.42. The molecule has 1 aromatic carbocycles. The van der Waals surface area contributed by atoms with Gasteiger partial charge in [0.2, 0.25) is 5.91 Å². The van der Waals surface area contributed by atoms with Gasteiger partial charge in [-0.05, 0) is 64.8 Å². The first kappa shape index (κ1) is 24.9. The normalized spacial score (nSPS) is 16.2. The number of hydrogen-bond donors (Lipinski definition) is 1. The second-order valence-electron chi connectivity index (χ2n) is 10.3. The second kappa shape index (κ2) is 10.6. The van der Waals surface area contributed by atoms with Gasteiger partial charge < -0.3 is 19.9 Å². The fraction of sp³-hybridized carbons (Fsp3) is 0.577. The Labute approximate surface area is 208 Å². The van der Waals surface area contributed by atoms with E-state index in [9.17, 15) is 9.59 Å². The van der Waals surface area contributed by atoms with Crippen molar-refractivity contribution < 1.29 is 14.3 Å². The summed E-state index contributed by atoms with van der Waals surface area (Å²) in [4.78, 5) is 31.0. The van der Waals surface area contributed by atoms with Crippen molar-refractivity contribution in [1.29, 1.82) is 0 Å². The summed E-state index contributed by atoms with van der Waals surface area (Å²) in [5.74, 6) is 1.09. The molecule has 0 saturated carbocycles. The summed E-state index contributed by atoms with van der Waals surface area (Å²) >= 11 is 0. The van der Waals surface area contributed by atoms with E-state index in [0.717, 1.165) is 68.5 Å². The smallest absolute Gasteiger partial charge is 0.410 e. The summed E-state index contributed by atoms with van der Waals surface area (Å²) in [7, 11) is 0. The average Bonchev–Trinajstić information content (AvgIpc) is 3.21. The van der Waals surface area contributed by atoms with E-state index in [4.69, 9.17) is 4.74 Å². The van der Waals surface area contributed by atoms with Gasteiger partial charge >= 0.3 is 6.09 Å². The van der Waals surface area contributed by atoms with Crippen molar-refractivity contribution in [3.8, 4) is 0 Å². The summed E-state index contributed by atoms with van der Waals surface area (Å²) in [6.07, 6.45) is 1.99. The lowest BCUT2D eigenvalue weighted by atomic mass is 10.2. The molecule has 0 atom stereocenters. The Balaban J connectivity index is 1.19. The molecule has 35 heavy (non-hydrogen) atoms. The number of nitrogens with zero attached hydrogens (tertiary/aromatic N) is 5. The van der Waals surface area contributed by atoms with Crippen molar-refractivity contribution in [1.82, 2.24) is 14.7 Å². The number of carbonyl (C=O) groups is 2. The van der Waals surface area contributed by atoms with E-state index in [1.54, 1.807) is 4.90 Å². The van der Waals surface area contributed by atoms with E-state index in [1.807, 2.05) is 43.3 Å². The predicted octanol–water partition coefficient (Wildman–Crippen LogP) is 3.88. The molecule has 9 heteroatoms. The lowest BCUT2D eigenvalue weighted by Gasteiger charge is -2.36. The number of piperazine rings is 1. The molecule has 2 aliphatic heterocycles. The number of fused-ring (bicyclic) bond motifs is 1. The zero-order valence-electron chi connectivity index (χ0n) is 21.4. The Morgan fingerprint density at radius 3 is 2.43 bits per heavy atom. The molecule has 0 spiro atoms. The van der Waals surface area contributed by atoms with Gasteiger partial charge in [0, 0.05) is 69.7 Å². The Morgan fingerprint density at radius 1 is 1.03 bits per heavy atom. The molecule has 3 heterocycles. The fourth-order valence-electron chi connectivity index (χ4n) is 4.53. The largest absolute Gasteiger partial charge is 0.444 e. The van der Waals surface area contributed by atoms with Gasteiger partial charge in [0.05, 0.1) is 5.69 Å². The van der Waals surface area contributed by atoms with Crippen molar-refractivity contribution >= 4 is 29.2 Å². The fourth-order valence-corrected chi connectivity index (χ4v) is 4.53. The number of hydrogen-bond acceptors (Lipinski definition) is 6. The van der Waals surface area contributed by atoms with Crippen LogP contribution in [0.4, 0.5) is 22.0 Å². The van der Waals surface area contributed by atoms with Crippen LogP contribution < -0.4 is 15.1 Å². The molecule has 9 nitrogen and oxygen atoms in total. The number of rotatable bonds is 6. The molecule has 2 aliphatic rings. The third kappa shape index (κ3) is 6.46. The first-order chi connectivity index (χ1) is 16.7. The summed E-state index contributed by atoms with van der Waals surface area (Å²) in [6.45, 7) is 12.9. The molecule has 4 rings (SSSR count). The third-order valence-corrected chi connectivity index (χ3v) is 6.27. The number of aromatic nitrogens is 2. The van der Waals surface area contributed by atoms with E-state index in [0.29, 0.717) is 19.5 Å². The first-order valence-electron chi connectivity index (χ1n) is 12.6. The van der Waals surface area contributed by atoms with Crippen molar-refractivity contribution in [3.63, 3.8) is 0 Å². The van der Waals surface area contributed by atoms with Gasteiger partial charge in [-0.3, -0.25) is 9.69 Å². The molecule has 2 aromatic rings. The van der Waals surface area contributed by atoms with Crippen LogP contribution in [0.2, 0.25) is 0 Å². The Kier molecular flexibility index (Phi) is 7.52. The summed E-state index contributed by atoms with van der Waals surface area (Å²) in [6, 6.07) is 10.3. The van der Waals surface area contributed by atoms with Crippen molar-refractivity contribution in [3.05, 3.63) is 36.0 Å². The van der Waals surface area contributed by atoms with Gasteiger partial charge in [-0.1, -0.05) is 0 Å². The zero-order valence-corrected chi connectivity index (χ0v) is 21.4. The van der Waals surface area contributed by atoms with Gasteiger partial charge in [-0.2, -0.15) is 5.10 Å². The van der Waals surface area contributed by atoms with E-state index in [1.165, 1.54) is 0 Å². The molecular formula is C26H38N6O3. The van der Waals surface area contributed by atoms with Crippen LogP contribution in [0, 0.1) is 6.92 Å². The van der Waals surface area contributed by atoms with Crippen LogP contribution in [0.1, 0.15) is 45.7 Å². The zero-order chi connectivity index (χ0) is 25.0. The quantitative estimate of drug-likeness (QED) is 0.630. The van der Waals surface area contributed by atoms with E-state index < -0.39 is 5.60 Å². The van der Waals surface area contributed by atoms with Crippen LogP contribution in [0.3, 0.4) is 0 Å². The van der Waals surface area contributed by atoms with E-state index in [-0.39, 0.29) is 12.0 Å². The van der Waals surface area contributed by atoms with Crippen molar-refractivity contribution in [2.24, 2.45) is 0 Å². The van der Waals surface area contributed by atoms with E-state index >= 15 is 0 Å². The number of ether oxygens (including phenoxy) is 1. The molecule has 0 bridgehead atoms. The molecule has 1 saturated heterocycles. The number of aryl methyl sites for hydroxylation is 2. The van der Waals surface area contributed by atoms with Crippen LogP contribution in [-0.2, 0) is 16.1 Å². The highest BCUT2D eigenvalue weighted by molar-refractivity contribution is 5.92. The van der Waals surface area contributed by atoms with Gasteiger partial charge in [0.1, 0.15) is 11.4 Å². The number of amides is 2. The molecule has 0 radical (unpaired) electrons. The lowest BCUT2D eigenvalue weighted by molar-refractivity contribution is -0.118. The Morgan fingerprint density at radius 2 is 1.74 bits per heavy atom. The SMILES string of the molecule is Cc1cc2n(n1)CCCN2C(=O)CCCNc1ccc(N2CCN(C(=O)OC(C)(C)C)CC2)cc1. The van der Waals surface area contributed by atoms with Crippen LogP contribution in [-0.4, -0.2) is 71.6 Å². The summed E-state index contributed by atoms with van der Waals surface area (Å²) in [5.41, 5.74) is 2.67. The van der Waals surface area contributed by atoms with Crippen molar-refractivity contribution in [2.45, 2.75) is 59.1 Å². The molecule has 2 amide bonds. The predicted molar refractivity (Wildman–Crippen MR) is 138 cm³/mol.